The molecule has 1 aromatic rings. The van der Waals surface area contributed by atoms with Crippen molar-refractivity contribution in [2.24, 2.45) is 0 Å². The smallest absolute Gasteiger partial charge is 0.120 e. The topological polar surface area (TPSA) is 30.5 Å². The Bertz CT molecular complexity index is 358. The number of rotatable bonds is 9. The van der Waals surface area contributed by atoms with Crippen LogP contribution in [0.2, 0.25) is 5.02 Å². The van der Waals surface area contributed by atoms with Gasteiger partial charge in [0, 0.05) is 5.02 Å². The average molecular weight is 286 g/mol. The lowest BCUT2D eigenvalue weighted by molar-refractivity contribution is 0.0502. The van der Waals surface area contributed by atoms with Crippen LogP contribution in [-0.4, -0.2) is 31.9 Å². The molecule has 1 rings (SSSR count). The highest BCUT2D eigenvalue weighted by Gasteiger charge is 2.10. The van der Waals surface area contributed by atoms with Crippen molar-refractivity contribution in [3.63, 3.8) is 0 Å². The van der Waals surface area contributed by atoms with Crippen molar-refractivity contribution < 1.29 is 9.47 Å². The molecule has 0 heterocycles. The van der Waals surface area contributed by atoms with Crippen molar-refractivity contribution in [3.05, 3.63) is 29.3 Å². The maximum atomic E-state index is 5.93. The summed E-state index contributed by atoms with van der Waals surface area (Å²) in [6.07, 6.45) is 1.33. The number of nitrogens with one attached hydrogen (secondary N) is 1. The lowest BCUT2D eigenvalue weighted by atomic mass is 10.3. The number of benzene rings is 1. The average Bonchev–Trinajstić information content (AvgIpc) is 2.37. The summed E-state index contributed by atoms with van der Waals surface area (Å²) in [6, 6.07) is 7.65. The Kier molecular flexibility index (Phi) is 7.87. The first-order valence-electron chi connectivity index (χ1n) is 6.85. The zero-order valence-corrected chi connectivity index (χ0v) is 12.7. The minimum atomic E-state index is 0.196. The van der Waals surface area contributed by atoms with Crippen molar-refractivity contribution in [3.8, 4) is 5.75 Å². The molecule has 0 aliphatic heterocycles. The Hall–Kier alpha value is -0.770. The van der Waals surface area contributed by atoms with E-state index >= 15 is 0 Å². The van der Waals surface area contributed by atoms with Crippen molar-refractivity contribution >= 4 is 11.6 Å². The molecule has 4 heteroatoms. The van der Waals surface area contributed by atoms with Gasteiger partial charge in [-0.05, 0) is 45.0 Å². The number of hydrogen-bond acceptors (Lipinski definition) is 3. The largest absolute Gasteiger partial charge is 0.492 e. The monoisotopic (exact) mass is 285 g/mol. The van der Waals surface area contributed by atoms with Gasteiger partial charge in [-0.3, -0.25) is 0 Å². The van der Waals surface area contributed by atoms with Gasteiger partial charge in [0.25, 0.3) is 0 Å². The molecule has 0 saturated heterocycles. The molecule has 0 amide bonds. The second-order valence-electron chi connectivity index (χ2n) is 4.80. The van der Waals surface area contributed by atoms with Gasteiger partial charge in [0.05, 0.1) is 18.8 Å². The Balaban J connectivity index is 2.42. The van der Waals surface area contributed by atoms with Crippen LogP contribution in [0.15, 0.2) is 24.3 Å². The molecule has 1 unspecified atom stereocenters. The van der Waals surface area contributed by atoms with Crippen LogP contribution in [-0.2, 0) is 4.74 Å². The maximum Gasteiger partial charge on any atom is 0.120 e. The fourth-order valence-corrected chi connectivity index (χ4v) is 1.76. The summed E-state index contributed by atoms with van der Waals surface area (Å²) >= 11 is 5.93. The van der Waals surface area contributed by atoms with E-state index in [0.29, 0.717) is 18.2 Å². The van der Waals surface area contributed by atoms with E-state index in [1.807, 2.05) is 38.1 Å². The standard InChI is InChI=1S/C15H24ClNO2/c1-4-8-17-14(10-18-12(2)3)11-19-15-7-5-6-13(16)9-15/h5-7,9,12,14,17H,4,8,10-11H2,1-3H3. The van der Waals surface area contributed by atoms with E-state index in [1.54, 1.807) is 0 Å². The number of ether oxygens (including phenoxy) is 2. The van der Waals surface area contributed by atoms with Crippen molar-refractivity contribution in [1.29, 1.82) is 0 Å². The van der Waals surface area contributed by atoms with Gasteiger partial charge in [0.1, 0.15) is 12.4 Å². The van der Waals surface area contributed by atoms with Crippen molar-refractivity contribution in [2.45, 2.75) is 39.3 Å². The summed E-state index contributed by atoms with van der Waals surface area (Å²) in [6.45, 7) is 8.41. The van der Waals surface area contributed by atoms with Crippen LogP contribution in [0.5, 0.6) is 5.75 Å². The third-order valence-electron chi connectivity index (χ3n) is 2.56. The molecular weight excluding hydrogens is 262 g/mol. The van der Waals surface area contributed by atoms with E-state index < -0.39 is 0 Å². The van der Waals surface area contributed by atoms with Gasteiger partial charge in [-0.1, -0.05) is 24.6 Å². The van der Waals surface area contributed by atoms with Crippen LogP contribution in [0.4, 0.5) is 0 Å². The Morgan fingerprint density at radius 3 is 2.68 bits per heavy atom. The second kappa shape index (κ2) is 9.18. The molecule has 1 atom stereocenters. The molecule has 0 spiro atoms. The van der Waals surface area contributed by atoms with Crippen molar-refractivity contribution in [1.82, 2.24) is 5.32 Å². The van der Waals surface area contributed by atoms with Gasteiger partial charge in [-0.15, -0.1) is 0 Å². The lowest BCUT2D eigenvalue weighted by Crippen LogP contribution is -2.39. The highest BCUT2D eigenvalue weighted by atomic mass is 35.5. The van der Waals surface area contributed by atoms with Gasteiger partial charge in [-0.25, -0.2) is 0 Å². The normalized spacial score (nSPS) is 12.7. The maximum absolute atomic E-state index is 5.93. The Morgan fingerprint density at radius 2 is 2.05 bits per heavy atom. The molecule has 0 aliphatic rings. The quantitative estimate of drug-likeness (QED) is 0.753. The molecule has 1 N–H and O–H groups in total. The zero-order valence-electron chi connectivity index (χ0n) is 12.0. The summed E-state index contributed by atoms with van der Waals surface area (Å²) in [5.41, 5.74) is 0. The highest BCUT2D eigenvalue weighted by Crippen LogP contribution is 2.17. The van der Waals surface area contributed by atoms with Gasteiger partial charge in [0.2, 0.25) is 0 Å². The van der Waals surface area contributed by atoms with E-state index in [4.69, 9.17) is 21.1 Å². The molecule has 108 valence electrons. The van der Waals surface area contributed by atoms with Crippen LogP contribution in [0.25, 0.3) is 0 Å². The van der Waals surface area contributed by atoms with Crippen LogP contribution in [0.3, 0.4) is 0 Å². The van der Waals surface area contributed by atoms with Gasteiger partial charge < -0.3 is 14.8 Å². The molecule has 0 bridgehead atoms. The van der Waals surface area contributed by atoms with Gasteiger partial charge in [0.15, 0.2) is 0 Å². The highest BCUT2D eigenvalue weighted by molar-refractivity contribution is 6.30. The second-order valence-corrected chi connectivity index (χ2v) is 5.24. The van der Waals surface area contributed by atoms with Crippen LogP contribution in [0, 0.1) is 0 Å². The molecule has 0 saturated carbocycles. The first-order valence-corrected chi connectivity index (χ1v) is 7.23. The van der Waals surface area contributed by atoms with E-state index in [-0.39, 0.29) is 12.1 Å². The third kappa shape index (κ3) is 7.41. The minimum Gasteiger partial charge on any atom is -0.492 e. The molecule has 0 aromatic heterocycles. The van der Waals surface area contributed by atoms with Gasteiger partial charge in [-0.2, -0.15) is 0 Å². The summed E-state index contributed by atoms with van der Waals surface area (Å²) in [5.74, 6) is 0.792. The summed E-state index contributed by atoms with van der Waals surface area (Å²) < 4.78 is 11.4. The van der Waals surface area contributed by atoms with E-state index in [0.717, 1.165) is 18.7 Å². The van der Waals surface area contributed by atoms with E-state index in [2.05, 4.69) is 12.2 Å². The third-order valence-corrected chi connectivity index (χ3v) is 2.80. The Morgan fingerprint density at radius 1 is 1.26 bits per heavy atom. The van der Waals surface area contributed by atoms with E-state index in [1.165, 1.54) is 0 Å². The molecular formula is C15H24ClNO2. The first kappa shape index (κ1) is 16.3. The fraction of sp³-hybridized carbons (Fsp3) is 0.600. The molecule has 1 aromatic carbocycles. The summed E-state index contributed by atoms with van der Waals surface area (Å²) in [5, 5.41) is 4.12. The number of hydrogen-bond donors (Lipinski definition) is 1. The van der Waals surface area contributed by atoms with Gasteiger partial charge >= 0.3 is 0 Å². The van der Waals surface area contributed by atoms with Crippen LogP contribution in [0.1, 0.15) is 27.2 Å². The Labute approximate surface area is 121 Å². The molecule has 0 radical (unpaired) electrons. The zero-order chi connectivity index (χ0) is 14.1. The molecule has 0 fully saturated rings. The number of halogens is 1. The SMILES string of the molecule is CCCNC(COc1cccc(Cl)c1)COC(C)C. The predicted octanol–water partition coefficient (Wildman–Crippen LogP) is 3.51. The molecule has 19 heavy (non-hydrogen) atoms. The van der Waals surface area contributed by atoms with Crippen LogP contribution < -0.4 is 10.1 Å². The summed E-state index contributed by atoms with van der Waals surface area (Å²) in [4.78, 5) is 0. The van der Waals surface area contributed by atoms with E-state index in [9.17, 15) is 0 Å². The fourth-order valence-electron chi connectivity index (χ4n) is 1.58. The first-order chi connectivity index (χ1) is 9.11. The summed E-state index contributed by atoms with van der Waals surface area (Å²) in [7, 11) is 0. The molecule has 0 aliphatic carbocycles. The molecule has 3 nitrogen and oxygen atoms in total. The lowest BCUT2D eigenvalue weighted by Gasteiger charge is -2.20. The minimum absolute atomic E-state index is 0.196. The van der Waals surface area contributed by atoms with Crippen LogP contribution >= 0.6 is 11.6 Å². The predicted molar refractivity (Wildman–Crippen MR) is 80.1 cm³/mol. The van der Waals surface area contributed by atoms with Crippen molar-refractivity contribution in [2.75, 3.05) is 19.8 Å².